The molecule has 3 rings (SSSR count). The summed E-state index contributed by atoms with van der Waals surface area (Å²) in [5.41, 5.74) is 2.40. The molecule has 0 aliphatic carbocycles. The molecule has 0 bridgehead atoms. The number of carbonyl (C=O) groups excluding carboxylic acids is 2. The Hall–Kier alpha value is -1.85. The van der Waals surface area contributed by atoms with Gasteiger partial charge in [0.25, 0.3) is 5.91 Å². The molecule has 1 N–H and O–H groups in total. The number of hydrogen-bond acceptors (Lipinski definition) is 2. The van der Waals surface area contributed by atoms with E-state index in [4.69, 9.17) is 11.6 Å². The van der Waals surface area contributed by atoms with Crippen molar-refractivity contribution >= 4 is 45.0 Å². The van der Waals surface area contributed by atoms with Crippen molar-refractivity contribution in [2.24, 2.45) is 5.92 Å². The summed E-state index contributed by atoms with van der Waals surface area (Å²) in [6, 6.07) is 12.8. The van der Waals surface area contributed by atoms with Gasteiger partial charge in [-0.25, -0.2) is 0 Å². The van der Waals surface area contributed by atoms with Crippen molar-refractivity contribution in [3.63, 3.8) is 0 Å². The van der Waals surface area contributed by atoms with Crippen molar-refractivity contribution in [1.82, 2.24) is 4.90 Å². The second kappa shape index (κ2) is 8.23. The summed E-state index contributed by atoms with van der Waals surface area (Å²) in [5.74, 6) is -0.0601. The number of amides is 2. The number of piperidine rings is 1. The number of nitrogens with zero attached hydrogens (tertiary/aromatic N) is 1. The molecule has 1 aliphatic heterocycles. The Morgan fingerprint density at radius 3 is 2.38 bits per heavy atom. The highest BCUT2D eigenvalue weighted by Crippen LogP contribution is 2.24. The van der Waals surface area contributed by atoms with Crippen LogP contribution in [-0.4, -0.2) is 29.8 Å². The molecule has 6 heteroatoms. The fraction of sp³-hybridized carbons (Fsp3) is 0.300. The third-order valence-electron chi connectivity index (χ3n) is 4.69. The van der Waals surface area contributed by atoms with Gasteiger partial charge >= 0.3 is 0 Å². The van der Waals surface area contributed by atoms with E-state index >= 15 is 0 Å². The zero-order chi connectivity index (χ0) is 18.7. The van der Waals surface area contributed by atoms with Gasteiger partial charge in [-0.2, -0.15) is 0 Å². The van der Waals surface area contributed by atoms with Gasteiger partial charge in [-0.3, -0.25) is 9.59 Å². The maximum Gasteiger partial charge on any atom is 0.253 e. The number of anilines is 1. The molecule has 2 aromatic rings. The zero-order valence-electron chi connectivity index (χ0n) is 14.5. The van der Waals surface area contributed by atoms with Crippen molar-refractivity contribution in [3.8, 4) is 0 Å². The average Bonchev–Trinajstić information content (AvgIpc) is 2.64. The zero-order valence-corrected chi connectivity index (χ0v) is 16.8. The maximum atomic E-state index is 12.6. The summed E-state index contributed by atoms with van der Waals surface area (Å²) >= 11 is 9.33. The molecule has 0 aromatic heterocycles. The lowest BCUT2D eigenvalue weighted by Crippen LogP contribution is -2.41. The van der Waals surface area contributed by atoms with Gasteiger partial charge in [-0.15, -0.1) is 0 Å². The molecule has 1 fully saturated rings. The molecule has 4 nitrogen and oxygen atoms in total. The lowest BCUT2D eigenvalue weighted by molar-refractivity contribution is -0.121. The van der Waals surface area contributed by atoms with Crippen LogP contribution in [0.15, 0.2) is 46.9 Å². The molecule has 136 valence electrons. The van der Waals surface area contributed by atoms with Crippen LogP contribution in [0.5, 0.6) is 0 Å². The Balaban J connectivity index is 1.56. The molecule has 26 heavy (non-hydrogen) atoms. The lowest BCUT2D eigenvalue weighted by atomic mass is 9.95. The number of benzene rings is 2. The van der Waals surface area contributed by atoms with E-state index < -0.39 is 0 Å². The normalized spacial score (nSPS) is 15.0. The van der Waals surface area contributed by atoms with Crippen molar-refractivity contribution in [1.29, 1.82) is 0 Å². The van der Waals surface area contributed by atoms with Gasteiger partial charge in [-0.05, 0) is 67.8 Å². The van der Waals surface area contributed by atoms with Gasteiger partial charge in [0.05, 0.1) is 0 Å². The SMILES string of the molecule is Cc1cc(Cl)ccc1NC(=O)C1CCN(C(=O)c2ccc(Br)cc2)CC1. The Morgan fingerprint density at radius 1 is 1.12 bits per heavy atom. The molecule has 0 radical (unpaired) electrons. The third-order valence-corrected chi connectivity index (χ3v) is 5.45. The molecule has 1 aliphatic rings. The predicted octanol–water partition coefficient (Wildman–Crippen LogP) is 4.90. The van der Waals surface area contributed by atoms with E-state index in [-0.39, 0.29) is 17.7 Å². The van der Waals surface area contributed by atoms with Crippen LogP contribution >= 0.6 is 27.5 Å². The number of aryl methyl sites for hydroxylation is 1. The first-order valence-electron chi connectivity index (χ1n) is 8.56. The van der Waals surface area contributed by atoms with Crippen LogP contribution in [-0.2, 0) is 4.79 Å². The minimum atomic E-state index is -0.0842. The van der Waals surface area contributed by atoms with Crippen LogP contribution in [0.4, 0.5) is 5.69 Å². The Labute approximate surface area is 166 Å². The number of carbonyl (C=O) groups is 2. The second-order valence-electron chi connectivity index (χ2n) is 6.52. The van der Waals surface area contributed by atoms with E-state index in [1.165, 1.54) is 0 Å². The summed E-state index contributed by atoms with van der Waals surface area (Å²) in [4.78, 5) is 26.9. The minimum absolute atomic E-state index is 0.00571. The molecule has 0 spiro atoms. The molecular formula is C20H20BrClN2O2. The topological polar surface area (TPSA) is 49.4 Å². The Kier molecular flexibility index (Phi) is 5.99. The van der Waals surface area contributed by atoms with E-state index in [0.29, 0.717) is 36.5 Å². The van der Waals surface area contributed by atoms with E-state index in [2.05, 4.69) is 21.2 Å². The number of hydrogen-bond donors (Lipinski definition) is 1. The predicted molar refractivity (Wildman–Crippen MR) is 108 cm³/mol. The van der Waals surface area contributed by atoms with Crippen LogP contribution in [0.1, 0.15) is 28.8 Å². The molecule has 1 heterocycles. The standard InChI is InChI=1S/C20H20BrClN2O2/c1-13-12-17(22)6-7-18(13)23-19(25)14-8-10-24(11-9-14)20(26)15-2-4-16(21)5-3-15/h2-7,12,14H,8-11H2,1H3,(H,23,25). The third kappa shape index (κ3) is 4.46. The van der Waals surface area contributed by atoms with Crippen LogP contribution in [0, 0.1) is 12.8 Å². The van der Waals surface area contributed by atoms with Crippen LogP contribution in [0.3, 0.4) is 0 Å². The maximum absolute atomic E-state index is 12.6. The average molecular weight is 436 g/mol. The van der Waals surface area contributed by atoms with E-state index in [1.807, 2.05) is 48.2 Å². The minimum Gasteiger partial charge on any atom is -0.339 e. The monoisotopic (exact) mass is 434 g/mol. The molecule has 1 saturated heterocycles. The van der Waals surface area contributed by atoms with Crippen LogP contribution < -0.4 is 5.32 Å². The van der Waals surface area contributed by atoms with E-state index in [9.17, 15) is 9.59 Å². The van der Waals surface area contributed by atoms with Gasteiger partial charge in [0, 0.05) is 39.8 Å². The van der Waals surface area contributed by atoms with Crippen molar-refractivity contribution < 1.29 is 9.59 Å². The number of nitrogens with one attached hydrogen (secondary N) is 1. The number of rotatable bonds is 3. The highest BCUT2D eigenvalue weighted by Gasteiger charge is 2.28. The largest absolute Gasteiger partial charge is 0.339 e. The molecular weight excluding hydrogens is 416 g/mol. The van der Waals surface area contributed by atoms with Crippen molar-refractivity contribution in [3.05, 3.63) is 63.1 Å². The number of halogens is 2. The summed E-state index contributed by atoms with van der Waals surface area (Å²) in [6.07, 6.45) is 1.33. The molecule has 0 unspecified atom stereocenters. The van der Waals surface area contributed by atoms with E-state index in [0.717, 1.165) is 15.7 Å². The van der Waals surface area contributed by atoms with Gasteiger partial charge in [0.1, 0.15) is 0 Å². The van der Waals surface area contributed by atoms with Crippen molar-refractivity contribution in [2.75, 3.05) is 18.4 Å². The smallest absolute Gasteiger partial charge is 0.253 e. The molecule has 2 amide bonds. The van der Waals surface area contributed by atoms with Gasteiger partial charge < -0.3 is 10.2 Å². The molecule has 0 saturated carbocycles. The lowest BCUT2D eigenvalue weighted by Gasteiger charge is -2.31. The number of likely N-dealkylation sites (tertiary alicyclic amines) is 1. The highest BCUT2D eigenvalue weighted by molar-refractivity contribution is 9.10. The fourth-order valence-corrected chi connectivity index (χ4v) is 3.61. The quantitative estimate of drug-likeness (QED) is 0.745. The van der Waals surface area contributed by atoms with E-state index in [1.54, 1.807) is 6.07 Å². The fourth-order valence-electron chi connectivity index (χ4n) is 3.12. The molecule has 2 aromatic carbocycles. The van der Waals surface area contributed by atoms with Crippen LogP contribution in [0.2, 0.25) is 5.02 Å². The van der Waals surface area contributed by atoms with Crippen LogP contribution in [0.25, 0.3) is 0 Å². The van der Waals surface area contributed by atoms with Gasteiger partial charge in [0.15, 0.2) is 0 Å². The second-order valence-corrected chi connectivity index (χ2v) is 7.87. The highest BCUT2D eigenvalue weighted by atomic mass is 79.9. The first kappa shape index (κ1) is 18.9. The first-order valence-corrected chi connectivity index (χ1v) is 9.73. The first-order chi connectivity index (χ1) is 12.4. The summed E-state index contributed by atoms with van der Waals surface area (Å²) in [7, 11) is 0. The Morgan fingerprint density at radius 2 is 1.77 bits per heavy atom. The van der Waals surface area contributed by atoms with Crippen molar-refractivity contribution in [2.45, 2.75) is 19.8 Å². The summed E-state index contributed by atoms with van der Waals surface area (Å²) < 4.78 is 0.946. The Bertz CT molecular complexity index is 815. The van der Waals surface area contributed by atoms with Gasteiger partial charge in [0.2, 0.25) is 5.91 Å². The summed E-state index contributed by atoms with van der Waals surface area (Å²) in [6.45, 7) is 3.10. The molecule has 0 atom stereocenters. The van der Waals surface area contributed by atoms with Gasteiger partial charge in [-0.1, -0.05) is 27.5 Å². The summed E-state index contributed by atoms with van der Waals surface area (Å²) in [5, 5.41) is 3.64.